The van der Waals surface area contributed by atoms with Crippen LogP contribution in [0.25, 0.3) is 0 Å². The molecule has 0 bridgehead atoms. The van der Waals surface area contributed by atoms with Crippen LogP contribution in [0.15, 0.2) is 35.7 Å². The Morgan fingerprint density at radius 1 is 1.40 bits per heavy atom. The highest BCUT2D eigenvalue weighted by atomic mass is 32.1. The molecule has 1 aliphatic rings. The predicted molar refractivity (Wildman–Crippen MR) is 101 cm³/mol. The maximum absolute atomic E-state index is 12.7. The van der Waals surface area contributed by atoms with Crippen LogP contribution in [-0.4, -0.2) is 46.4 Å². The summed E-state index contributed by atoms with van der Waals surface area (Å²) in [5.41, 5.74) is 7.46. The molecule has 0 spiro atoms. The van der Waals surface area contributed by atoms with Crippen molar-refractivity contribution >= 4 is 17.2 Å². The molecule has 0 saturated carbocycles. The average Bonchev–Trinajstić information content (AvgIpc) is 3.12. The molecule has 1 fully saturated rings. The van der Waals surface area contributed by atoms with Gasteiger partial charge in [0.25, 0.3) is 5.91 Å². The van der Waals surface area contributed by atoms with Gasteiger partial charge in [-0.3, -0.25) is 9.69 Å². The average molecular weight is 359 g/mol. The van der Waals surface area contributed by atoms with Gasteiger partial charge in [0, 0.05) is 44.1 Å². The smallest absolute Gasteiger partial charge is 0.273 e. The fourth-order valence-corrected chi connectivity index (χ4v) is 4.10. The third kappa shape index (κ3) is 4.26. The van der Waals surface area contributed by atoms with Gasteiger partial charge in [-0.05, 0) is 25.3 Å². The number of aromatic nitrogens is 1. The molecule has 0 radical (unpaired) electrons. The third-order valence-corrected chi connectivity index (χ3v) is 5.90. The minimum atomic E-state index is 0.00431. The first-order valence-electron chi connectivity index (χ1n) is 8.78. The molecule has 1 saturated heterocycles. The van der Waals surface area contributed by atoms with E-state index < -0.39 is 0 Å². The maximum atomic E-state index is 12.7. The highest BCUT2D eigenvalue weighted by molar-refractivity contribution is 7.09. The van der Waals surface area contributed by atoms with Crippen molar-refractivity contribution in [2.45, 2.75) is 44.9 Å². The van der Waals surface area contributed by atoms with Gasteiger partial charge in [0.05, 0.1) is 0 Å². The highest BCUT2D eigenvalue weighted by Gasteiger charge is 2.30. The largest absolute Gasteiger partial charge is 0.337 e. The normalized spacial score (nSPS) is 21.2. The number of hydrogen-bond donors (Lipinski definition) is 1. The summed E-state index contributed by atoms with van der Waals surface area (Å²) in [6.45, 7) is 4.61. The summed E-state index contributed by atoms with van der Waals surface area (Å²) in [6.07, 6.45) is 1.98. The van der Waals surface area contributed by atoms with E-state index in [1.165, 1.54) is 16.9 Å². The summed E-state index contributed by atoms with van der Waals surface area (Å²) in [5.74, 6) is 0.00431. The lowest BCUT2D eigenvalue weighted by Crippen LogP contribution is -2.49. The van der Waals surface area contributed by atoms with Crippen LogP contribution in [0, 0.1) is 0 Å². The van der Waals surface area contributed by atoms with E-state index in [2.05, 4.69) is 41.1 Å². The Labute approximate surface area is 153 Å². The van der Waals surface area contributed by atoms with Crippen LogP contribution in [0.3, 0.4) is 0 Å². The van der Waals surface area contributed by atoms with Crippen molar-refractivity contribution in [1.82, 2.24) is 14.8 Å². The van der Waals surface area contributed by atoms with E-state index in [-0.39, 0.29) is 11.9 Å². The summed E-state index contributed by atoms with van der Waals surface area (Å²) in [4.78, 5) is 21.4. The summed E-state index contributed by atoms with van der Waals surface area (Å²) in [6, 6.07) is 11.3. The van der Waals surface area contributed by atoms with E-state index >= 15 is 0 Å². The lowest BCUT2D eigenvalue weighted by Gasteiger charge is -2.41. The quantitative estimate of drug-likeness (QED) is 0.893. The Hall–Kier alpha value is -1.76. The summed E-state index contributed by atoms with van der Waals surface area (Å²) < 4.78 is 0. The van der Waals surface area contributed by atoms with Crippen molar-refractivity contribution in [2.75, 3.05) is 13.6 Å². The predicted octanol–water partition coefficient (Wildman–Crippen LogP) is 2.73. The molecule has 1 aromatic heterocycles. The van der Waals surface area contributed by atoms with Gasteiger partial charge in [-0.15, -0.1) is 11.3 Å². The fourth-order valence-electron chi connectivity index (χ4n) is 3.45. The zero-order chi connectivity index (χ0) is 17.8. The molecule has 0 aliphatic carbocycles. The number of hydrogen-bond acceptors (Lipinski definition) is 5. The van der Waals surface area contributed by atoms with Crippen LogP contribution in [0.4, 0.5) is 0 Å². The van der Waals surface area contributed by atoms with Gasteiger partial charge in [0.15, 0.2) is 0 Å². The molecule has 134 valence electrons. The number of amides is 1. The van der Waals surface area contributed by atoms with E-state index in [1.54, 1.807) is 0 Å². The molecule has 1 aromatic carbocycles. The van der Waals surface area contributed by atoms with Gasteiger partial charge >= 0.3 is 0 Å². The summed E-state index contributed by atoms with van der Waals surface area (Å²) in [7, 11) is 1.90. The fraction of sp³-hybridized carbons (Fsp3) is 0.474. The Morgan fingerprint density at radius 2 is 2.16 bits per heavy atom. The zero-order valence-corrected chi connectivity index (χ0v) is 15.7. The van der Waals surface area contributed by atoms with Crippen molar-refractivity contribution in [2.24, 2.45) is 5.73 Å². The van der Waals surface area contributed by atoms with Crippen molar-refractivity contribution < 1.29 is 4.79 Å². The number of rotatable bonds is 5. The van der Waals surface area contributed by atoms with Crippen molar-refractivity contribution in [3.8, 4) is 0 Å². The second-order valence-corrected chi connectivity index (χ2v) is 7.67. The molecule has 0 unspecified atom stereocenters. The van der Waals surface area contributed by atoms with Crippen molar-refractivity contribution in [3.63, 3.8) is 0 Å². The minimum absolute atomic E-state index is 0.00431. The Bertz CT molecular complexity index is 702. The number of thiazole rings is 1. The number of nitrogens with zero attached hydrogens (tertiary/aromatic N) is 3. The van der Waals surface area contributed by atoms with E-state index in [9.17, 15) is 4.79 Å². The van der Waals surface area contributed by atoms with Gasteiger partial charge in [0.1, 0.15) is 10.7 Å². The van der Waals surface area contributed by atoms with E-state index in [1.807, 2.05) is 23.4 Å². The molecular formula is C19H26N4OS. The molecular weight excluding hydrogens is 332 g/mol. The van der Waals surface area contributed by atoms with E-state index in [0.29, 0.717) is 18.3 Å². The topological polar surface area (TPSA) is 62.5 Å². The first-order chi connectivity index (χ1) is 12.1. The van der Waals surface area contributed by atoms with Crippen LogP contribution in [0.2, 0.25) is 0 Å². The monoisotopic (exact) mass is 358 g/mol. The Balaban J connectivity index is 1.59. The second-order valence-electron chi connectivity index (χ2n) is 6.73. The SMILES string of the molecule is C[C@H]1C[C@@H](N(C)C(=O)c2csc(CN)n2)CCN1Cc1ccccc1. The van der Waals surface area contributed by atoms with Crippen LogP contribution in [0.1, 0.15) is 40.8 Å². The number of benzene rings is 1. The Kier molecular flexibility index (Phi) is 5.83. The molecule has 2 atom stereocenters. The molecule has 6 heteroatoms. The summed E-state index contributed by atoms with van der Waals surface area (Å²) >= 11 is 1.45. The minimum Gasteiger partial charge on any atom is -0.337 e. The first kappa shape index (κ1) is 18.0. The first-order valence-corrected chi connectivity index (χ1v) is 9.66. The van der Waals surface area contributed by atoms with Crippen molar-refractivity contribution in [1.29, 1.82) is 0 Å². The molecule has 2 heterocycles. The van der Waals surface area contributed by atoms with Crippen LogP contribution in [0.5, 0.6) is 0 Å². The lowest BCUT2D eigenvalue weighted by atomic mass is 9.96. The second kappa shape index (κ2) is 8.08. The van der Waals surface area contributed by atoms with Crippen LogP contribution < -0.4 is 5.73 Å². The van der Waals surface area contributed by atoms with Crippen LogP contribution in [-0.2, 0) is 13.1 Å². The number of carbonyl (C=O) groups excluding carboxylic acids is 1. The lowest BCUT2D eigenvalue weighted by molar-refractivity contribution is 0.0534. The molecule has 2 N–H and O–H groups in total. The number of likely N-dealkylation sites (tertiary alicyclic amines) is 1. The third-order valence-electron chi connectivity index (χ3n) is 5.03. The van der Waals surface area contributed by atoms with Crippen LogP contribution >= 0.6 is 11.3 Å². The highest BCUT2D eigenvalue weighted by Crippen LogP contribution is 2.24. The molecule has 1 amide bonds. The van der Waals surface area contributed by atoms with Gasteiger partial charge in [0.2, 0.25) is 0 Å². The molecule has 5 nitrogen and oxygen atoms in total. The molecule has 25 heavy (non-hydrogen) atoms. The van der Waals surface area contributed by atoms with Gasteiger partial charge < -0.3 is 10.6 Å². The van der Waals surface area contributed by atoms with Crippen molar-refractivity contribution in [3.05, 3.63) is 52.0 Å². The Morgan fingerprint density at radius 3 is 2.80 bits per heavy atom. The summed E-state index contributed by atoms with van der Waals surface area (Å²) in [5, 5.41) is 2.62. The molecule has 2 aromatic rings. The number of nitrogens with two attached hydrogens (primary N) is 1. The maximum Gasteiger partial charge on any atom is 0.273 e. The molecule has 1 aliphatic heterocycles. The van der Waals surface area contributed by atoms with Gasteiger partial charge in [-0.1, -0.05) is 30.3 Å². The standard InChI is InChI=1S/C19H26N4OS/c1-14-10-16(8-9-23(14)12-15-6-4-3-5-7-15)22(2)19(24)17-13-25-18(11-20)21-17/h3-7,13-14,16H,8-12,20H2,1-2H3/t14-,16-/m0/s1. The van der Waals surface area contributed by atoms with E-state index in [4.69, 9.17) is 5.73 Å². The van der Waals surface area contributed by atoms with Gasteiger partial charge in [-0.25, -0.2) is 4.98 Å². The number of piperidine rings is 1. The zero-order valence-electron chi connectivity index (χ0n) is 14.9. The molecule has 3 rings (SSSR count). The van der Waals surface area contributed by atoms with E-state index in [0.717, 1.165) is 30.9 Å². The van der Waals surface area contributed by atoms with Gasteiger partial charge in [-0.2, -0.15) is 0 Å². The number of carbonyl (C=O) groups is 1.